The highest BCUT2D eigenvalue weighted by molar-refractivity contribution is 5.94. The highest BCUT2D eigenvalue weighted by Crippen LogP contribution is 2.31. The number of nitrogens with one attached hydrogen (secondary N) is 1. The third-order valence-electron chi connectivity index (χ3n) is 6.43. The number of aromatic nitrogens is 4. The predicted molar refractivity (Wildman–Crippen MR) is 140 cm³/mol. The van der Waals surface area contributed by atoms with E-state index in [1.807, 2.05) is 31.3 Å². The molecule has 1 N–H and O–H groups in total. The molecule has 1 aliphatic rings. The Bertz CT molecular complexity index is 1470. The first-order chi connectivity index (χ1) is 18.7. The van der Waals surface area contributed by atoms with Gasteiger partial charge in [-0.15, -0.1) is 0 Å². The smallest absolute Gasteiger partial charge is 0.417 e. The standard InChI is InChI=1S/C29H26F3N5O2/c1-19-15-35-37(18-19)26-11-7-22(16-33-26)28(38)36-24-9-5-20(6-10-24)13-21-3-2-4-25(14-21)39-27-12-8-23(17-34-27)29(30,31)32/h2-4,7-8,11-18,24H,5-6,9-10H2,1H3,(H,36,38). The number of alkyl halides is 3. The maximum atomic E-state index is 12.7. The highest BCUT2D eigenvalue weighted by atomic mass is 19.4. The van der Waals surface area contributed by atoms with Crippen molar-refractivity contribution in [2.75, 3.05) is 0 Å². The van der Waals surface area contributed by atoms with Gasteiger partial charge in [0, 0.05) is 30.7 Å². The molecule has 0 atom stereocenters. The molecule has 4 aromatic rings. The fourth-order valence-electron chi connectivity index (χ4n) is 4.37. The number of carbonyl (C=O) groups is 1. The number of aryl methyl sites for hydroxylation is 1. The fourth-order valence-corrected chi connectivity index (χ4v) is 4.37. The van der Waals surface area contributed by atoms with Crippen LogP contribution < -0.4 is 10.1 Å². The molecule has 10 heteroatoms. The van der Waals surface area contributed by atoms with E-state index in [1.54, 1.807) is 35.3 Å². The minimum absolute atomic E-state index is 0.0727. The lowest BCUT2D eigenvalue weighted by Gasteiger charge is -2.25. The van der Waals surface area contributed by atoms with Crippen LogP contribution in [0.3, 0.4) is 0 Å². The van der Waals surface area contributed by atoms with E-state index in [4.69, 9.17) is 4.74 Å². The van der Waals surface area contributed by atoms with Gasteiger partial charge in [-0.2, -0.15) is 18.3 Å². The first kappa shape index (κ1) is 26.1. The molecule has 1 fully saturated rings. The van der Waals surface area contributed by atoms with Crippen LogP contribution in [-0.2, 0) is 6.18 Å². The maximum Gasteiger partial charge on any atom is 0.417 e. The largest absolute Gasteiger partial charge is 0.439 e. The SMILES string of the molecule is Cc1cnn(-c2ccc(C(=O)NC3CCC(=Cc4cccc(Oc5ccc(C(F)(F)F)cn5)c4)CC3)cn2)c1. The number of pyridine rings is 2. The van der Waals surface area contributed by atoms with Crippen LogP contribution in [-0.4, -0.2) is 31.7 Å². The average Bonchev–Trinajstić information content (AvgIpc) is 3.36. The number of hydrogen-bond acceptors (Lipinski definition) is 5. The van der Waals surface area contributed by atoms with Crippen molar-refractivity contribution in [3.05, 3.63) is 101 Å². The van der Waals surface area contributed by atoms with Crippen LogP contribution in [0.4, 0.5) is 13.2 Å². The van der Waals surface area contributed by atoms with E-state index in [-0.39, 0.29) is 17.8 Å². The number of ether oxygens (including phenoxy) is 1. The van der Waals surface area contributed by atoms with E-state index >= 15 is 0 Å². The van der Waals surface area contributed by atoms with Crippen LogP contribution >= 0.6 is 0 Å². The Morgan fingerprint density at radius 3 is 2.51 bits per heavy atom. The number of benzene rings is 1. The van der Waals surface area contributed by atoms with Gasteiger partial charge in [-0.1, -0.05) is 23.8 Å². The third kappa shape index (κ3) is 6.70. The quantitative estimate of drug-likeness (QED) is 0.304. The summed E-state index contributed by atoms with van der Waals surface area (Å²) < 4.78 is 45.5. The summed E-state index contributed by atoms with van der Waals surface area (Å²) in [4.78, 5) is 20.8. The molecule has 0 radical (unpaired) electrons. The minimum Gasteiger partial charge on any atom is -0.439 e. The number of rotatable bonds is 6. The van der Waals surface area contributed by atoms with Gasteiger partial charge in [0.1, 0.15) is 5.75 Å². The number of amides is 1. The summed E-state index contributed by atoms with van der Waals surface area (Å²) in [5.41, 5.74) is 2.89. The fraction of sp³-hybridized carbons (Fsp3) is 0.241. The number of halogens is 3. The Balaban J connectivity index is 1.14. The third-order valence-corrected chi connectivity index (χ3v) is 6.43. The number of hydrogen-bond donors (Lipinski definition) is 1. The first-order valence-electron chi connectivity index (χ1n) is 12.5. The van der Waals surface area contributed by atoms with Gasteiger partial charge in [-0.05, 0) is 74.1 Å². The van der Waals surface area contributed by atoms with E-state index in [0.29, 0.717) is 17.1 Å². The normalized spacial score (nSPS) is 15.6. The molecule has 39 heavy (non-hydrogen) atoms. The van der Waals surface area contributed by atoms with Crippen LogP contribution in [0.1, 0.15) is 52.7 Å². The molecule has 1 aromatic carbocycles. The van der Waals surface area contributed by atoms with Crippen LogP contribution in [0.15, 0.2) is 78.9 Å². The second-order valence-electron chi connectivity index (χ2n) is 9.48. The van der Waals surface area contributed by atoms with Gasteiger partial charge in [0.05, 0.1) is 17.3 Å². The Morgan fingerprint density at radius 2 is 1.87 bits per heavy atom. The Labute approximate surface area is 223 Å². The van der Waals surface area contributed by atoms with Gasteiger partial charge < -0.3 is 10.1 Å². The van der Waals surface area contributed by atoms with Crippen molar-refractivity contribution in [3.63, 3.8) is 0 Å². The monoisotopic (exact) mass is 533 g/mol. The van der Waals surface area contributed by atoms with Gasteiger partial charge in [-0.3, -0.25) is 4.79 Å². The Hall–Kier alpha value is -4.47. The van der Waals surface area contributed by atoms with E-state index in [2.05, 4.69) is 26.5 Å². The topological polar surface area (TPSA) is 81.9 Å². The van der Waals surface area contributed by atoms with E-state index in [1.165, 1.54) is 11.6 Å². The second kappa shape index (κ2) is 11.1. The van der Waals surface area contributed by atoms with Crippen molar-refractivity contribution in [2.24, 2.45) is 0 Å². The van der Waals surface area contributed by atoms with Crippen LogP contribution in [0, 0.1) is 6.92 Å². The zero-order valence-corrected chi connectivity index (χ0v) is 21.2. The van der Waals surface area contributed by atoms with Crippen molar-refractivity contribution in [1.82, 2.24) is 25.1 Å². The van der Waals surface area contributed by atoms with E-state index in [9.17, 15) is 18.0 Å². The maximum absolute atomic E-state index is 12.7. The summed E-state index contributed by atoms with van der Waals surface area (Å²) in [5.74, 6) is 1.08. The summed E-state index contributed by atoms with van der Waals surface area (Å²) >= 11 is 0. The zero-order valence-electron chi connectivity index (χ0n) is 21.2. The summed E-state index contributed by atoms with van der Waals surface area (Å²) in [7, 11) is 0. The van der Waals surface area contributed by atoms with Crippen LogP contribution in [0.2, 0.25) is 0 Å². The molecule has 0 aliphatic heterocycles. The Kier molecular flexibility index (Phi) is 7.44. The number of carbonyl (C=O) groups excluding carboxylic acids is 1. The summed E-state index contributed by atoms with van der Waals surface area (Å²) in [6, 6.07) is 13.1. The minimum atomic E-state index is -4.44. The molecule has 0 bridgehead atoms. The van der Waals surface area contributed by atoms with E-state index < -0.39 is 11.7 Å². The van der Waals surface area contributed by atoms with Crippen molar-refractivity contribution >= 4 is 12.0 Å². The van der Waals surface area contributed by atoms with Gasteiger partial charge >= 0.3 is 6.18 Å². The highest BCUT2D eigenvalue weighted by Gasteiger charge is 2.30. The molecule has 3 aromatic heterocycles. The van der Waals surface area contributed by atoms with Gasteiger partial charge in [-0.25, -0.2) is 14.6 Å². The molecule has 0 spiro atoms. The molecular formula is C29H26F3N5O2. The molecular weight excluding hydrogens is 507 g/mol. The number of allylic oxidation sites excluding steroid dienone is 1. The summed E-state index contributed by atoms with van der Waals surface area (Å²) in [5, 5.41) is 7.34. The summed E-state index contributed by atoms with van der Waals surface area (Å²) in [6.45, 7) is 1.95. The molecule has 200 valence electrons. The molecule has 5 rings (SSSR count). The first-order valence-corrected chi connectivity index (χ1v) is 12.5. The molecule has 1 amide bonds. The van der Waals surface area contributed by atoms with Crippen molar-refractivity contribution in [1.29, 1.82) is 0 Å². The van der Waals surface area contributed by atoms with Crippen molar-refractivity contribution in [2.45, 2.75) is 44.8 Å². The zero-order chi connectivity index (χ0) is 27.4. The molecule has 1 aliphatic carbocycles. The van der Waals surface area contributed by atoms with Gasteiger partial charge in [0.15, 0.2) is 5.82 Å². The second-order valence-corrected chi connectivity index (χ2v) is 9.48. The molecule has 7 nitrogen and oxygen atoms in total. The van der Waals surface area contributed by atoms with Crippen LogP contribution in [0.5, 0.6) is 11.6 Å². The molecule has 0 saturated heterocycles. The molecule has 1 saturated carbocycles. The summed E-state index contributed by atoms with van der Waals surface area (Å²) in [6.07, 6.45) is 6.90. The van der Waals surface area contributed by atoms with Crippen molar-refractivity contribution in [3.8, 4) is 17.4 Å². The van der Waals surface area contributed by atoms with E-state index in [0.717, 1.165) is 49.1 Å². The Morgan fingerprint density at radius 1 is 1.05 bits per heavy atom. The lowest BCUT2D eigenvalue weighted by Crippen LogP contribution is -2.36. The molecule has 0 unspecified atom stereocenters. The van der Waals surface area contributed by atoms with Gasteiger partial charge in [0.2, 0.25) is 5.88 Å². The van der Waals surface area contributed by atoms with Crippen molar-refractivity contribution < 1.29 is 22.7 Å². The molecule has 3 heterocycles. The lowest BCUT2D eigenvalue weighted by molar-refractivity contribution is -0.137. The van der Waals surface area contributed by atoms with Gasteiger partial charge in [0.25, 0.3) is 5.91 Å². The lowest BCUT2D eigenvalue weighted by atomic mass is 9.89. The predicted octanol–water partition coefficient (Wildman–Crippen LogP) is 6.54. The average molecular weight is 534 g/mol. The number of nitrogens with zero attached hydrogens (tertiary/aromatic N) is 4. The van der Waals surface area contributed by atoms with Crippen LogP contribution in [0.25, 0.3) is 11.9 Å².